The summed E-state index contributed by atoms with van der Waals surface area (Å²) >= 11 is 6.09. The number of hydrogen-bond donors (Lipinski definition) is 1. The van der Waals surface area contributed by atoms with E-state index in [1.54, 1.807) is 10.7 Å². The Kier molecular flexibility index (Phi) is 4.74. The Morgan fingerprint density at radius 2 is 2.15 bits per heavy atom. The molecule has 1 unspecified atom stereocenters. The van der Waals surface area contributed by atoms with Crippen LogP contribution in [0.1, 0.15) is 18.3 Å². The number of rotatable bonds is 6. The van der Waals surface area contributed by atoms with Crippen LogP contribution in [-0.2, 0) is 24.2 Å². The lowest BCUT2D eigenvalue weighted by atomic mass is 9.96. The van der Waals surface area contributed by atoms with Gasteiger partial charge in [0.1, 0.15) is 12.2 Å². The second kappa shape index (κ2) is 6.52. The van der Waals surface area contributed by atoms with Crippen molar-refractivity contribution >= 4 is 17.6 Å². The first-order valence-electron chi connectivity index (χ1n) is 6.44. The van der Waals surface area contributed by atoms with Crippen molar-refractivity contribution in [1.82, 2.24) is 14.8 Å². The predicted molar refractivity (Wildman–Crippen MR) is 75.7 cm³/mol. The van der Waals surface area contributed by atoms with Crippen molar-refractivity contribution in [2.45, 2.75) is 26.3 Å². The molecule has 1 aromatic carbocycles. The van der Waals surface area contributed by atoms with E-state index in [-0.39, 0.29) is 0 Å². The normalized spacial score (nSPS) is 12.3. The molecular formula is C14H16ClN3O2. The van der Waals surface area contributed by atoms with Crippen molar-refractivity contribution in [3.63, 3.8) is 0 Å². The average molecular weight is 294 g/mol. The van der Waals surface area contributed by atoms with Crippen LogP contribution in [0.3, 0.4) is 0 Å². The molecule has 2 aromatic rings. The molecule has 6 heteroatoms. The number of halogens is 1. The Labute approximate surface area is 122 Å². The summed E-state index contributed by atoms with van der Waals surface area (Å²) < 4.78 is 1.71. The van der Waals surface area contributed by atoms with Gasteiger partial charge >= 0.3 is 5.97 Å². The summed E-state index contributed by atoms with van der Waals surface area (Å²) in [4.78, 5) is 15.6. The lowest BCUT2D eigenvalue weighted by Gasteiger charge is -2.13. The zero-order valence-corrected chi connectivity index (χ0v) is 11.9. The summed E-state index contributed by atoms with van der Waals surface area (Å²) in [6.07, 6.45) is 2.17. The fraction of sp³-hybridized carbons (Fsp3) is 0.357. The van der Waals surface area contributed by atoms with E-state index in [1.165, 1.54) is 6.33 Å². The topological polar surface area (TPSA) is 68.0 Å². The highest BCUT2D eigenvalue weighted by Crippen LogP contribution is 2.21. The third-order valence-corrected chi connectivity index (χ3v) is 3.57. The molecule has 0 bridgehead atoms. The maximum absolute atomic E-state index is 11.4. The number of carbonyl (C=O) groups is 1. The second-order valence-electron chi connectivity index (χ2n) is 4.53. The lowest BCUT2D eigenvalue weighted by molar-refractivity contribution is -0.141. The first-order valence-corrected chi connectivity index (χ1v) is 6.82. The molecule has 0 saturated heterocycles. The molecule has 1 atom stereocenters. The maximum atomic E-state index is 11.4. The van der Waals surface area contributed by atoms with Crippen molar-refractivity contribution in [1.29, 1.82) is 0 Å². The number of carboxylic acid groups (broad SMARTS) is 1. The molecule has 106 valence electrons. The fourth-order valence-corrected chi connectivity index (χ4v) is 2.32. The minimum Gasteiger partial charge on any atom is -0.481 e. The number of aryl methyl sites for hydroxylation is 1. The molecule has 20 heavy (non-hydrogen) atoms. The van der Waals surface area contributed by atoms with Gasteiger partial charge < -0.3 is 5.11 Å². The van der Waals surface area contributed by atoms with Crippen LogP contribution in [0.5, 0.6) is 0 Å². The molecule has 0 aliphatic carbocycles. The monoisotopic (exact) mass is 293 g/mol. The molecule has 0 aliphatic rings. The molecule has 1 N–H and O–H groups in total. The number of hydrogen-bond acceptors (Lipinski definition) is 3. The molecule has 0 aliphatic heterocycles. The highest BCUT2D eigenvalue weighted by molar-refractivity contribution is 6.31. The van der Waals surface area contributed by atoms with Crippen molar-refractivity contribution in [2.24, 2.45) is 5.92 Å². The third-order valence-electron chi connectivity index (χ3n) is 3.20. The summed E-state index contributed by atoms with van der Waals surface area (Å²) in [7, 11) is 0. The van der Waals surface area contributed by atoms with Crippen LogP contribution in [0.25, 0.3) is 0 Å². The van der Waals surface area contributed by atoms with Gasteiger partial charge in [0.25, 0.3) is 0 Å². The van der Waals surface area contributed by atoms with Crippen LogP contribution in [0.4, 0.5) is 0 Å². The van der Waals surface area contributed by atoms with Gasteiger partial charge in [-0.3, -0.25) is 9.48 Å². The van der Waals surface area contributed by atoms with E-state index in [4.69, 9.17) is 11.6 Å². The van der Waals surface area contributed by atoms with Crippen molar-refractivity contribution < 1.29 is 9.90 Å². The Hall–Kier alpha value is -1.88. The van der Waals surface area contributed by atoms with Crippen LogP contribution < -0.4 is 0 Å². The average Bonchev–Trinajstić information content (AvgIpc) is 2.87. The summed E-state index contributed by atoms with van der Waals surface area (Å²) in [5.74, 6) is -0.730. The molecule has 0 amide bonds. The Bertz CT molecular complexity index is 598. The molecule has 1 aromatic heterocycles. The molecule has 0 fully saturated rings. The van der Waals surface area contributed by atoms with Gasteiger partial charge in [-0.2, -0.15) is 5.10 Å². The first kappa shape index (κ1) is 14.5. The molecule has 0 radical (unpaired) electrons. The van der Waals surface area contributed by atoms with Gasteiger partial charge in [0.15, 0.2) is 0 Å². The SMILES string of the molecule is CCn1ncnc1CC(Cc1ccccc1Cl)C(=O)O. The van der Waals surface area contributed by atoms with Gasteiger partial charge in [0.2, 0.25) is 0 Å². The first-order chi connectivity index (χ1) is 9.61. The highest BCUT2D eigenvalue weighted by atomic mass is 35.5. The Morgan fingerprint density at radius 3 is 2.80 bits per heavy atom. The summed E-state index contributed by atoms with van der Waals surface area (Å²) in [5.41, 5.74) is 0.837. The van der Waals surface area contributed by atoms with E-state index >= 15 is 0 Å². The van der Waals surface area contributed by atoms with Crippen molar-refractivity contribution in [3.05, 3.63) is 47.0 Å². The third kappa shape index (κ3) is 3.36. The minimum atomic E-state index is -0.851. The molecule has 1 heterocycles. The minimum absolute atomic E-state index is 0.342. The summed E-state index contributed by atoms with van der Waals surface area (Å²) in [6, 6.07) is 7.30. The zero-order chi connectivity index (χ0) is 14.5. The summed E-state index contributed by atoms with van der Waals surface area (Å²) in [6.45, 7) is 2.62. The second-order valence-corrected chi connectivity index (χ2v) is 4.93. The van der Waals surface area contributed by atoms with E-state index in [9.17, 15) is 9.90 Å². The van der Waals surface area contributed by atoms with Gasteiger partial charge in [0.05, 0.1) is 5.92 Å². The number of aliphatic carboxylic acids is 1. The number of aromatic nitrogens is 3. The van der Waals surface area contributed by atoms with Gasteiger partial charge in [-0.1, -0.05) is 29.8 Å². The molecule has 5 nitrogen and oxygen atoms in total. The predicted octanol–water partition coefficient (Wildman–Crippen LogP) is 2.44. The molecule has 2 rings (SSSR count). The molecule has 0 saturated carbocycles. The van der Waals surface area contributed by atoms with E-state index in [1.807, 2.05) is 25.1 Å². The lowest BCUT2D eigenvalue weighted by Crippen LogP contribution is -2.21. The van der Waals surface area contributed by atoms with Crippen LogP contribution in [-0.4, -0.2) is 25.8 Å². The maximum Gasteiger partial charge on any atom is 0.307 e. The van der Waals surface area contributed by atoms with Gasteiger partial charge in [-0.25, -0.2) is 4.98 Å². The summed E-state index contributed by atoms with van der Waals surface area (Å²) in [5, 5.41) is 14.0. The zero-order valence-electron chi connectivity index (χ0n) is 11.2. The molecular weight excluding hydrogens is 278 g/mol. The molecule has 0 spiro atoms. The Morgan fingerprint density at radius 1 is 1.40 bits per heavy atom. The van der Waals surface area contributed by atoms with E-state index < -0.39 is 11.9 Å². The highest BCUT2D eigenvalue weighted by Gasteiger charge is 2.22. The number of nitrogens with zero attached hydrogens (tertiary/aromatic N) is 3. The smallest absolute Gasteiger partial charge is 0.307 e. The van der Waals surface area contributed by atoms with E-state index in [2.05, 4.69) is 10.1 Å². The van der Waals surface area contributed by atoms with Crippen LogP contribution in [0, 0.1) is 5.92 Å². The number of benzene rings is 1. The van der Waals surface area contributed by atoms with Gasteiger partial charge in [0, 0.05) is 18.0 Å². The van der Waals surface area contributed by atoms with Crippen molar-refractivity contribution in [2.75, 3.05) is 0 Å². The quantitative estimate of drug-likeness (QED) is 0.888. The van der Waals surface area contributed by atoms with Crippen LogP contribution in [0.2, 0.25) is 5.02 Å². The van der Waals surface area contributed by atoms with Gasteiger partial charge in [-0.15, -0.1) is 0 Å². The van der Waals surface area contributed by atoms with Crippen molar-refractivity contribution in [3.8, 4) is 0 Å². The Balaban J connectivity index is 2.16. The fourth-order valence-electron chi connectivity index (χ4n) is 2.11. The van der Waals surface area contributed by atoms with E-state index in [0.29, 0.717) is 30.2 Å². The largest absolute Gasteiger partial charge is 0.481 e. The van der Waals surface area contributed by atoms with Gasteiger partial charge in [-0.05, 0) is 25.0 Å². The standard InChI is InChI=1S/C14H16ClN3O2/c1-2-18-13(16-9-17-18)8-11(14(19)20)7-10-5-3-4-6-12(10)15/h3-6,9,11H,2,7-8H2,1H3,(H,19,20). The van der Waals surface area contributed by atoms with E-state index in [0.717, 1.165) is 5.56 Å². The number of carboxylic acids is 1. The van der Waals surface area contributed by atoms with Crippen LogP contribution in [0.15, 0.2) is 30.6 Å². The van der Waals surface area contributed by atoms with Crippen LogP contribution >= 0.6 is 11.6 Å².